The molecular formula is C8H15BrO2. The second-order valence-corrected chi connectivity index (χ2v) is 2.94. The Kier molecular flexibility index (Phi) is 8.01. The van der Waals surface area contributed by atoms with Crippen molar-refractivity contribution in [1.82, 2.24) is 0 Å². The highest BCUT2D eigenvalue weighted by Crippen LogP contribution is 2.06. The van der Waals surface area contributed by atoms with Gasteiger partial charge in [-0.2, -0.15) is 0 Å². The smallest absolute Gasteiger partial charge is 0.317 e. The summed E-state index contributed by atoms with van der Waals surface area (Å²) in [4.78, 5) is 10.6. The van der Waals surface area contributed by atoms with Crippen LogP contribution in [0, 0.1) is 0 Å². The lowest BCUT2D eigenvalue weighted by Gasteiger charge is -1.97. The number of rotatable bonds is 6. The number of hydrogen-bond acceptors (Lipinski definition) is 2. The predicted molar refractivity (Wildman–Crippen MR) is 48.4 cm³/mol. The third-order valence-electron chi connectivity index (χ3n) is 1.57. The van der Waals surface area contributed by atoms with Crippen molar-refractivity contribution < 1.29 is 8.62 Å². The van der Waals surface area contributed by atoms with Crippen molar-refractivity contribution in [2.24, 2.45) is 0 Å². The van der Waals surface area contributed by atoms with E-state index < -0.39 is 0 Å². The van der Waals surface area contributed by atoms with Gasteiger partial charge in [0.15, 0.2) is 16.3 Å². The lowest BCUT2D eigenvalue weighted by Crippen LogP contribution is -1.95. The molecule has 0 spiro atoms. The summed E-state index contributed by atoms with van der Waals surface area (Å²) in [5.41, 5.74) is 0. The van der Waals surface area contributed by atoms with Gasteiger partial charge in [0.05, 0.1) is 0 Å². The van der Waals surface area contributed by atoms with Crippen molar-refractivity contribution in [1.29, 1.82) is 0 Å². The zero-order chi connectivity index (χ0) is 8.53. The molecule has 0 bridgehead atoms. The molecule has 66 valence electrons. The monoisotopic (exact) mass is 222 g/mol. The molecule has 0 fully saturated rings. The molecule has 0 aromatic carbocycles. The molecule has 0 aliphatic heterocycles. The molecule has 0 atom stereocenters. The maximum absolute atomic E-state index is 10.6. The highest BCUT2D eigenvalue weighted by Gasteiger charge is 1.99. The average Bonchev–Trinajstić information content (AvgIpc) is 2.04. The summed E-state index contributed by atoms with van der Waals surface area (Å²) in [5.74, 6) is -0.165. The molecule has 2 nitrogen and oxygen atoms in total. The van der Waals surface area contributed by atoms with Crippen LogP contribution in [0.4, 0.5) is 0 Å². The Morgan fingerprint density at radius 3 is 2.45 bits per heavy atom. The van der Waals surface area contributed by atoms with Crippen LogP contribution in [-0.2, 0) is 8.62 Å². The van der Waals surface area contributed by atoms with Crippen LogP contribution in [0.1, 0.15) is 45.4 Å². The fourth-order valence-electron chi connectivity index (χ4n) is 0.911. The summed E-state index contributed by atoms with van der Waals surface area (Å²) in [7, 11) is 0. The summed E-state index contributed by atoms with van der Waals surface area (Å²) >= 11 is 2.65. The first-order valence-electron chi connectivity index (χ1n) is 4.12. The van der Waals surface area contributed by atoms with Gasteiger partial charge in [-0.1, -0.05) is 32.6 Å². The van der Waals surface area contributed by atoms with Gasteiger partial charge in [-0.25, -0.2) is 0 Å². The van der Waals surface area contributed by atoms with E-state index >= 15 is 0 Å². The Balaban J connectivity index is 2.95. The molecule has 0 saturated carbocycles. The minimum absolute atomic E-state index is 0.165. The number of halogens is 1. The maximum Gasteiger partial charge on any atom is 0.317 e. The fourth-order valence-corrected chi connectivity index (χ4v) is 1.07. The Hall–Kier alpha value is -0.0500. The van der Waals surface area contributed by atoms with Crippen molar-refractivity contribution in [2.45, 2.75) is 45.4 Å². The lowest BCUT2D eigenvalue weighted by molar-refractivity contribution is -0.132. The zero-order valence-electron chi connectivity index (χ0n) is 6.94. The lowest BCUT2D eigenvalue weighted by atomic mass is 10.1. The Morgan fingerprint density at radius 2 is 1.91 bits per heavy atom. The van der Waals surface area contributed by atoms with Crippen LogP contribution in [0.3, 0.4) is 0 Å². The molecule has 0 aromatic rings. The van der Waals surface area contributed by atoms with Crippen LogP contribution in [0.15, 0.2) is 0 Å². The van der Waals surface area contributed by atoms with E-state index in [-0.39, 0.29) is 5.97 Å². The van der Waals surface area contributed by atoms with Crippen molar-refractivity contribution in [3.05, 3.63) is 0 Å². The normalized spacial score (nSPS) is 9.64. The Morgan fingerprint density at radius 1 is 1.27 bits per heavy atom. The SMILES string of the molecule is CCCCCCCC(=O)OBr. The molecule has 0 N–H and O–H groups in total. The van der Waals surface area contributed by atoms with E-state index in [1.54, 1.807) is 0 Å². The van der Waals surface area contributed by atoms with E-state index in [9.17, 15) is 4.79 Å². The fraction of sp³-hybridized carbons (Fsp3) is 0.875. The van der Waals surface area contributed by atoms with Gasteiger partial charge >= 0.3 is 5.97 Å². The number of unbranched alkanes of at least 4 members (excludes halogenated alkanes) is 4. The van der Waals surface area contributed by atoms with Gasteiger partial charge in [-0.3, -0.25) is 4.79 Å². The predicted octanol–water partition coefficient (Wildman–Crippen LogP) is 3.20. The van der Waals surface area contributed by atoms with Gasteiger partial charge in [0, 0.05) is 6.42 Å². The highest BCUT2D eigenvalue weighted by molar-refractivity contribution is 9.06. The van der Waals surface area contributed by atoms with Crippen molar-refractivity contribution in [3.63, 3.8) is 0 Å². The maximum atomic E-state index is 10.6. The first kappa shape index (κ1) is 11.0. The molecule has 0 radical (unpaired) electrons. The van der Waals surface area contributed by atoms with Crippen molar-refractivity contribution in [3.8, 4) is 0 Å². The molecule has 3 heteroatoms. The first-order valence-corrected chi connectivity index (χ1v) is 4.77. The van der Waals surface area contributed by atoms with Crippen molar-refractivity contribution in [2.75, 3.05) is 0 Å². The molecule has 0 aromatic heterocycles. The quantitative estimate of drug-likeness (QED) is 0.646. The number of hydrogen-bond donors (Lipinski definition) is 0. The standard InChI is InChI=1S/C8H15BrO2/c1-2-3-4-5-6-7-8(10)11-9/h2-7H2,1H3. The second kappa shape index (κ2) is 8.05. The van der Waals surface area contributed by atoms with Crippen LogP contribution in [0.5, 0.6) is 0 Å². The molecule has 0 heterocycles. The third kappa shape index (κ3) is 7.85. The van der Waals surface area contributed by atoms with E-state index in [4.69, 9.17) is 0 Å². The van der Waals surface area contributed by atoms with E-state index in [1.807, 2.05) is 0 Å². The minimum atomic E-state index is -0.165. The largest absolute Gasteiger partial charge is 0.384 e. The Labute approximate surface area is 76.8 Å². The van der Waals surface area contributed by atoms with E-state index in [1.165, 1.54) is 19.3 Å². The van der Waals surface area contributed by atoms with E-state index in [2.05, 4.69) is 27.0 Å². The zero-order valence-corrected chi connectivity index (χ0v) is 8.52. The first-order chi connectivity index (χ1) is 5.31. The van der Waals surface area contributed by atoms with Crippen LogP contribution in [0.2, 0.25) is 0 Å². The molecule has 0 aliphatic rings. The van der Waals surface area contributed by atoms with Crippen LogP contribution in [-0.4, -0.2) is 5.97 Å². The van der Waals surface area contributed by atoms with Crippen LogP contribution >= 0.6 is 16.3 Å². The molecule has 0 amide bonds. The second-order valence-electron chi connectivity index (χ2n) is 2.61. The summed E-state index contributed by atoms with van der Waals surface area (Å²) < 4.78 is 4.33. The molecular weight excluding hydrogens is 208 g/mol. The Bertz CT molecular complexity index is 104. The number of carbonyl (C=O) groups excluding carboxylic acids is 1. The molecule has 11 heavy (non-hydrogen) atoms. The third-order valence-corrected chi connectivity index (χ3v) is 1.93. The number of carbonyl (C=O) groups is 1. The highest BCUT2D eigenvalue weighted by atomic mass is 79.9. The summed E-state index contributed by atoms with van der Waals surface area (Å²) in [6, 6.07) is 0. The average molecular weight is 223 g/mol. The summed E-state index contributed by atoms with van der Waals surface area (Å²) in [5, 5.41) is 0. The van der Waals surface area contributed by atoms with Gasteiger partial charge in [0.25, 0.3) is 0 Å². The van der Waals surface area contributed by atoms with Gasteiger partial charge in [-0.15, -0.1) is 0 Å². The molecule has 0 aliphatic carbocycles. The molecule has 0 rings (SSSR count). The van der Waals surface area contributed by atoms with E-state index in [0.29, 0.717) is 6.42 Å². The molecule has 0 unspecified atom stereocenters. The minimum Gasteiger partial charge on any atom is -0.384 e. The van der Waals surface area contributed by atoms with Crippen LogP contribution in [0.25, 0.3) is 0 Å². The van der Waals surface area contributed by atoms with E-state index in [0.717, 1.165) is 12.8 Å². The van der Waals surface area contributed by atoms with Gasteiger partial charge in [0.1, 0.15) is 0 Å². The molecule has 0 saturated heterocycles. The van der Waals surface area contributed by atoms with Crippen molar-refractivity contribution >= 4 is 22.2 Å². The summed E-state index contributed by atoms with van der Waals surface area (Å²) in [6.45, 7) is 2.17. The van der Waals surface area contributed by atoms with Gasteiger partial charge in [0.2, 0.25) is 0 Å². The summed E-state index contributed by atoms with van der Waals surface area (Å²) in [6.07, 6.45) is 6.35. The van der Waals surface area contributed by atoms with Crippen LogP contribution < -0.4 is 0 Å². The van der Waals surface area contributed by atoms with Gasteiger partial charge in [-0.05, 0) is 6.42 Å². The van der Waals surface area contributed by atoms with Gasteiger partial charge < -0.3 is 3.83 Å². The topological polar surface area (TPSA) is 26.3 Å².